The first kappa shape index (κ1) is 23.0. The maximum Gasteiger partial charge on any atom is 0.340 e. The number of rotatable bonds is 6. The summed E-state index contributed by atoms with van der Waals surface area (Å²) in [5.74, 6) is 0.0210. The van der Waals surface area contributed by atoms with Gasteiger partial charge in [-0.15, -0.1) is 5.10 Å². The third-order valence-corrected chi connectivity index (χ3v) is 7.98. The van der Waals surface area contributed by atoms with Crippen LogP contribution >= 0.6 is 43.6 Å². The molecule has 1 N–H and O–H groups in total. The summed E-state index contributed by atoms with van der Waals surface area (Å²) < 4.78 is 32.0. The fourth-order valence-electron chi connectivity index (χ4n) is 2.54. The van der Waals surface area contributed by atoms with Gasteiger partial charge in [-0.3, -0.25) is 4.79 Å². The first-order chi connectivity index (χ1) is 14.2. The fourth-order valence-corrected chi connectivity index (χ4v) is 5.81. The van der Waals surface area contributed by atoms with Crippen molar-refractivity contribution in [1.29, 1.82) is 0 Å². The molecule has 0 spiro atoms. The minimum absolute atomic E-state index is 0.00347. The maximum absolute atomic E-state index is 12.8. The Bertz CT molecular complexity index is 1150. The highest BCUT2D eigenvalue weighted by Gasteiger charge is 2.28. The van der Waals surface area contributed by atoms with Gasteiger partial charge in [0.25, 0.3) is 0 Å². The van der Waals surface area contributed by atoms with Crippen molar-refractivity contribution in [2.45, 2.75) is 30.4 Å². The van der Waals surface area contributed by atoms with E-state index in [0.29, 0.717) is 26.1 Å². The van der Waals surface area contributed by atoms with E-state index in [9.17, 15) is 13.2 Å². The SMILES string of the molecule is CCC1SC(=NN=Cc2cc(C)ccc2OS(=O)(=O)c2cc(Br)ccc2Br)NC1=O. The maximum atomic E-state index is 12.8. The molecule has 0 aliphatic carbocycles. The highest BCUT2D eigenvalue weighted by Crippen LogP contribution is 2.30. The molecule has 1 heterocycles. The Kier molecular flexibility index (Phi) is 7.38. The lowest BCUT2D eigenvalue weighted by Gasteiger charge is -2.11. The van der Waals surface area contributed by atoms with Gasteiger partial charge < -0.3 is 9.50 Å². The van der Waals surface area contributed by atoms with E-state index in [1.54, 1.807) is 30.3 Å². The van der Waals surface area contributed by atoms with Crippen LogP contribution in [-0.2, 0) is 14.9 Å². The van der Waals surface area contributed by atoms with E-state index in [4.69, 9.17) is 4.18 Å². The molecule has 7 nitrogen and oxygen atoms in total. The second kappa shape index (κ2) is 9.63. The summed E-state index contributed by atoms with van der Waals surface area (Å²) in [6.07, 6.45) is 2.09. The largest absolute Gasteiger partial charge is 0.378 e. The van der Waals surface area contributed by atoms with Crippen molar-refractivity contribution in [3.8, 4) is 5.75 Å². The molecule has 1 unspecified atom stereocenters. The first-order valence-corrected chi connectivity index (χ1v) is 12.7. The van der Waals surface area contributed by atoms with Crippen molar-refractivity contribution >= 4 is 71.0 Å². The highest BCUT2D eigenvalue weighted by atomic mass is 79.9. The second-order valence-electron chi connectivity index (χ2n) is 6.31. The van der Waals surface area contributed by atoms with Crippen molar-refractivity contribution in [2.75, 3.05) is 0 Å². The summed E-state index contributed by atoms with van der Waals surface area (Å²) in [6, 6.07) is 9.83. The van der Waals surface area contributed by atoms with Gasteiger partial charge in [0.15, 0.2) is 10.9 Å². The number of nitrogens with one attached hydrogen (secondary N) is 1. The summed E-state index contributed by atoms with van der Waals surface area (Å²) in [4.78, 5) is 11.7. The van der Waals surface area contributed by atoms with Crippen LogP contribution in [0.25, 0.3) is 0 Å². The van der Waals surface area contributed by atoms with E-state index in [1.807, 2.05) is 13.8 Å². The zero-order valence-corrected chi connectivity index (χ0v) is 20.7. The van der Waals surface area contributed by atoms with Crippen LogP contribution in [0.15, 0.2) is 60.4 Å². The molecule has 11 heteroatoms. The van der Waals surface area contributed by atoms with Gasteiger partial charge in [0.2, 0.25) is 5.91 Å². The average molecular weight is 575 g/mol. The van der Waals surface area contributed by atoms with Gasteiger partial charge in [-0.05, 0) is 59.6 Å². The average Bonchev–Trinajstić information content (AvgIpc) is 3.05. The Hall–Kier alpha value is -1.69. The predicted octanol–water partition coefficient (Wildman–Crippen LogP) is 4.62. The smallest absolute Gasteiger partial charge is 0.340 e. The number of nitrogens with zero attached hydrogens (tertiary/aromatic N) is 2. The third kappa shape index (κ3) is 5.51. The van der Waals surface area contributed by atoms with E-state index in [2.05, 4.69) is 47.4 Å². The number of thioether (sulfide) groups is 1. The molecule has 158 valence electrons. The standard InChI is InChI=1S/C19H17Br2N3O4S2/c1-3-16-18(25)23-19(29-16)24-22-10-12-8-11(2)4-7-15(12)28-30(26,27)17-9-13(20)5-6-14(17)21/h4-10,16H,3H2,1-2H3,(H,23,24,25). The number of amidine groups is 1. The molecule has 0 bridgehead atoms. The molecule has 1 aliphatic heterocycles. The highest BCUT2D eigenvalue weighted by molar-refractivity contribution is 9.11. The molecule has 1 atom stereocenters. The fraction of sp³-hybridized carbons (Fsp3) is 0.211. The molecule has 3 rings (SSSR count). The van der Waals surface area contributed by atoms with Gasteiger partial charge in [-0.1, -0.05) is 46.2 Å². The lowest BCUT2D eigenvalue weighted by Crippen LogP contribution is -2.24. The number of carbonyl (C=O) groups excluding carboxylic acids is 1. The van der Waals surface area contributed by atoms with E-state index in [-0.39, 0.29) is 21.8 Å². The zero-order chi connectivity index (χ0) is 21.9. The summed E-state index contributed by atoms with van der Waals surface area (Å²) in [5.41, 5.74) is 1.34. The Morgan fingerprint density at radius 2 is 2.00 bits per heavy atom. The van der Waals surface area contributed by atoms with Crippen LogP contribution in [0.2, 0.25) is 0 Å². The zero-order valence-electron chi connectivity index (χ0n) is 15.9. The van der Waals surface area contributed by atoms with Crippen molar-refractivity contribution in [3.63, 3.8) is 0 Å². The number of hydrogen-bond donors (Lipinski definition) is 1. The van der Waals surface area contributed by atoms with Gasteiger partial charge >= 0.3 is 10.1 Å². The van der Waals surface area contributed by atoms with Crippen molar-refractivity contribution in [3.05, 3.63) is 56.5 Å². The number of aryl methyl sites for hydroxylation is 1. The molecular formula is C19H17Br2N3O4S2. The van der Waals surface area contributed by atoms with Crippen LogP contribution in [-0.4, -0.2) is 31.0 Å². The molecule has 0 radical (unpaired) electrons. The van der Waals surface area contributed by atoms with Crippen LogP contribution in [0.1, 0.15) is 24.5 Å². The molecule has 0 saturated carbocycles. The van der Waals surface area contributed by atoms with Crippen LogP contribution < -0.4 is 9.50 Å². The van der Waals surface area contributed by atoms with Gasteiger partial charge in [0, 0.05) is 14.5 Å². The molecular weight excluding hydrogens is 558 g/mol. The first-order valence-electron chi connectivity index (χ1n) is 8.78. The van der Waals surface area contributed by atoms with Crippen LogP contribution in [0.3, 0.4) is 0 Å². The van der Waals surface area contributed by atoms with Crippen LogP contribution in [0.4, 0.5) is 0 Å². The minimum atomic E-state index is -4.10. The predicted molar refractivity (Wildman–Crippen MR) is 126 cm³/mol. The Morgan fingerprint density at radius 1 is 1.23 bits per heavy atom. The van der Waals surface area contributed by atoms with Crippen LogP contribution in [0, 0.1) is 6.92 Å². The van der Waals surface area contributed by atoms with E-state index in [1.165, 1.54) is 24.0 Å². The second-order valence-corrected chi connectivity index (χ2v) is 10.8. The molecule has 1 aliphatic rings. The summed E-state index contributed by atoms with van der Waals surface area (Å²) in [5, 5.41) is 10.9. The molecule has 1 saturated heterocycles. The number of halogens is 2. The summed E-state index contributed by atoms with van der Waals surface area (Å²) in [6.45, 7) is 3.79. The number of amides is 1. The van der Waals surface area contributed by atoms with E-state index < -0.39 is 10.1 Å². The number of hydrogen-bond acceptors (Lipinski definition) is 7. The van der Waals surface area contributed by atoms with Gasteiger partial charge in [-0.25, -0.2) is 0 Å². The third-order valence-electron chi connectivity index (χ3n) is 4.02. The van der Waals surface area contributed by atoms with Crippen LogP contribution in [0.5, 0.6) is 5.75 Å². The topological polar surface area (TPSA) is 97.2 Å². The van der Waals surface area contributed by atoms with Crippen molar-refractivity contribution in [1.82, 2.24) is 5.32 Å². The van der Waals surface area contributed by atoms with Gasteiger partial charge in [-0.2, -0.15) is 13.5 Å². The van der Waals surface area contributed by atoms with E-state index >= 15 is 0 Å². The Labute approximate surface area is 195 Å². The Balaban J connectivity index is 1.87. The Morgan fingerprint density at radius 3 is 2.70 bits per heavy atom. The lowest BCUT2D eigenvalue weighted by atomic mass is 10.1. The lowest BCUT2D eigenvalue weighted by molar-refractivity contribution is -0.118. The normalized spacial score (nSPS) is 18.2. The molecule has 2 aromatic carbocycles. The monoisotopic (exact) mass is 573 g/mol. The van der Waals surface area contributed by atoms with Crippen molar-refractivity contribution < 1.29 is 17.4 Å². The van der Waals surface area contributed by atoms with Gasteiger partial charge in [0.1, 0.15) is 4.90 Å². The summed E-state index contributed by atoms with van der Waals surface area (Å²) in [7, 11) is -4.10. The quantitative estimate of drug-likeness (QED) is 0.308. The van der Waals surface area contributed by atoms with E-state index in [0.717, 1.165) is 5.56 Å². The molecule has 1 amide bonds. The number of carbonyl (C=O) groups is 1. The summed E-state index contributed by atoms with van der Waals surface area (Å²) >= 11 is 7.82. The molecule has 0 aromatic heterocycles. The number of benzene rings is 2. The minimum Gasteiger partial charge on any atom is -0.378 e. The van der Waals surface area contributed by atoms with Gasteiger partial charge in [0.05, 0.1) is 11.5 Å². The molecule has 2 aromatic rings. The molecule has 30 heavy (non-hydrogen) atoms. The molecule has 1 fully saturated rings. The van der Waals surface area contributed by atoms with Crippen molar-refractivity contribution in [2.24, 2.45) is 10.2 Å².